The van der Waals surface area contributed by atoms with Gasteiger partial charge in [-0.25, -0.2) is 0 Å². The minimum atomic E-state index is -4.43. The van der Waals surface area contributed by atoms with E-state index in [2.05, 4.69) is 0 Å². The number of alkyl halides is 3. The lowest BCUT2D eigenvalue weighted by molar-refractivity contribution is -0.137. The first-order chi connectivity index (χ1) is 11.4. The summed E-state index contributed by atoms with van der Waals surface area (Å²) in [5, 5.41) is 0. The van der Waals surface area contributed by atoms with Crippen molar-refractivity contribution in [1.29, 1.82) is 0 Å². The van der Waals surface area contributed by atoms with Gasteiger partial charge in [-0.1, -0.05) is 30.3 Å². The normalized spacial score (nSPS) is 17.5. The standard InChI is InChI=1S/C18H16F3N2O/c19-18(20,21)13-5-3-4-12(10-13)15-6-1-2-7-16(15)17(24)23-9-8-14(23)11-22/h1-7,10,14,22H,8-9,11H2/q-1. The average Bonchev–Trinajstić information content (AvgIpc) is 2.53. The molecule has 1 fully saturated rings. The summed E-state index contributed by atoms with van der Waals surface area (Å²) in [5.41, 5.74) is 7.91. The van der Waals surface area contributed by atoms with Crippen molar-refractivity contribution >= 4 is 5.91 Å². The summed E-state index contributed by atoms with van der Waals surface area (Å²) in [6.07, 6.45) is -3.64. The first kappa shape index (κ1) is 16.5. The molecule has 1 aliphatic rings. The fraction of sp³-hybridized carbons (Fsp3) is 0.278. The summed E-state index contributed by atoms with van der Waals surface area (Å²) < 4.78 is 38.8. The SMILES string of the molecule is [NH-]CC1CCN1C(=O)c1ccccc1-c1cccc(C(F)(F)F)c1. The van der Waals surface area contributed by atoms with Crippen molar-refractivity contribution in [3.8, 4) is 11.1 Å². The van der Waals surface area contributed by atoms with Crippen LogP contribution in [0, 0.1) is 0 Å². The van der Waals surface area contributed by atoms with Crippen LogP contribution in [-0.4, -0.2) is 29.9 Å². The third-order valence-corrected chi connectivity index (χ3v) is 4.30. The van der Waals surface area contributed by atoms with Gasteiger partial charge < -0.3 is 10.6 Å². The maximum absolute atomic E-state index is 12.9. The van der Waals surface area contributed by atoms with Crippen molar-refractivity contribution in [1.82, 2.24) is 4.90 Å². The van der Waals surface area contributed by atoms with Gasteiger partial charge in [-0.2, -0.15) is 13.2 Å². The summed E-state index contributed by atoms with van der Waals surface area (Å²) in [6.45, 7) is 0.719. The van der Waals surface area contributed by atoms with Gasteiger partial charge in [-0.05, 0) is 35.7 Å². The Balaban J connectivity index is 2.00. The Labute approximate surface area is 137 Å². The molecule has 24 heavy (non-hydrogen) atoms. The van der Waals surface area contributed by atoms with Crippen molar-refractivity contribution < 1.29 is 18.0 Å². The van der Waals surface area contributed by atoms with Gasteiger partial charge in [0.25, 0.3) is 5.91 Å². The topological polar surface area (TPSA) is 44.1 Å². The molecule has 2 aromatic rings. The monoisotopic (exact) mass is 333 g/mol. The molecule has 126 valence electrons. The third kappa shape index (κ3) is 3.01. The highest BCUT2D eigenvalue weighted by molar-refractivity contribution is 6.01. The maximum atomic E-state index is 12.9. The zero-order valence-corrected chi connectivity index (χ0v) is 12.8. The Kier molecular flexibility index (Phi) is 4.32. The molecular formula is C18H16F3N2O-. The van der Waals surface area contributed by atoms with E-state index in [1.54, 1.807) is 35.2 Å². The Morgan fingerprint density at radius 3 is 2.54 bits per heavy atom. The summed E-state index contributed by atoms with van der Waals surface area (Å²) in [4.78, 5) is 14.3. The van der Waals surface area contributed by atoms with Gasteiger partial charge in [0, 0.05) is 18.2 Å². The van der Waals surface area contributed by atoms with Crippen molar-refractivity contribution in [2.45, 2.75) is 18.6 Å². The van der Waals surface area contributed by atoms with E-state index in [0.717, 1.165) is 18.6 Å². The van der Waals surface area contributed by atoms with Crippen molar-refractivity contribution in [3.05, 3.63) is 65.4 Å². The molecule has 6 heteroatoms. The summed E-state index contributed by atoms with van der Waals surface area (Å²) >= 11 is 0. The van der Waals surface area contributed by atoms with E-state index in [1.807, 2.05) is 0 Å². The molecule has 1 saturated heterocycles. The van der Waals surface area contributed by atoms with Crippen LogP contribution < -0.4 is 0 Å². The Bertz CT molecular complexity index is 756. The number of likely N-dealkylation sites (tertiary alicyclic amines) is 1. The van der Waals surface area contributed by atoms with E-state index in [-0.39, 0.29) is 18.5 Å². The number of hydrogen-bond donors (Lipinski definition) is 0. The molecule has 0 spiro atoms. The third-order valence-electron chi connectivity index (χ3n) is 4.30. The number of carbonyl (C=O) groups excluding carboxylic acids is 1. The van der Waals surface area contributed by atoms with E-state index in [4.69, 9.17) is 5.73 Å². The van der Waals surface area contributed by atoms with Crippen LogP contribution in [0.15, 0.2) is 48.5 Å². The van der Waals surface area contributed by atoms with Crippen LogP contribution >= 0.6 is 0 Å². The van der Waals surface area contributed by atoms with E-state index >= 15 is 0 Å². The fourth-order valence-corrected chi connectivity index (χ4v) is 2.86. The molecule has 3 nitrogen and oxygen atoms in total. The molecule has 0 radical (unpaired) electrons. The number of hydrogen-bond acceptors (Lipinski definition) is 1. The Morgan fingerprint density at radius 1 is 1.17 bits per heavy atom. The second kappa shape index (κ2) is 6.28. The predicted octanol–water partition coefficient (Wildman–Crippen LogP) is 4.64. The van der Waals surface area contributed by atoms with Crippen LogP contribution in [0.5, 0.6) is 0 Å². The molecule has 1 atom stereocenters. The van der Waals surface area contributed by atoms with Gasteiger partial charge >= 0.3 is 6.18 Å². The van der Waals surface area contributed by atoms with E-state index in [9.17, 15) is 18.0 Å². The molecule has 1 unspecified atom stereocenters. The van der Waals surface area contributed by atoms with Crippen molar-refractivity contribution in [2.75, 3.05) is 13.1 Å². The van der Waals surface area contributed by atoms with E-state index < -0.39 is 11.7 Å². The van der Waals surface area contributed by atoms with Crippen molar-refractivity contribution in [3.63, 3.8) is 0 Å². The molecular weight excluding hydrogens is 317 g/mol. The molecule has 1 N–H and O–H groups in total. The van der Waals surface area contributed by atoms with Gasteiger partial charge in [0.15, 0.2) is 0 Å². The zero-order chi connectivity index (χ0) is 17.3. The first-order valence-corrected chi connectivity index (χ1v) is 7.64. The Morgan fingerprint density at radius 2 is 1.92 bits per heavy atom. The smallest absolute Gasteiger partial charge is 0.416 e. The highest BCUT2D eigenvalue weighted by Crippen LogP contribution is 2.34. The predicted molar refractivity (Wildman–Crippen MR) is 85.5 cm³/mol. The summed E-state index contributed by atoms with van der Waals surface area (Å²) in [6, 6.07) is 11.5. The molecule has 0 bridgehead atoms. The highest BCUT2D eigenvalue weighted by Gasteiger charge is 2.32. The van der Waals surface area contributed by atoms with Crippen LogP contribution in [0.2, 0.25) is 0 Å². The number of nitrogens with zero attached hydrogens (tertiary/aromatic N) is 1. The Hall–Kier alpha value is -2.34. The quantitative estimate of drug-likeness (QED) is 0.807. The number of carbonyl (C=O) groups is 1. The van der Waals surface area contributed by atoms with Gasteiger partial charge in [-0.3, -0.25) is 4.79 Å². The van der Waals surface area contributed by atoms with Crippen LogP contribution in [0.4, 0.5) is 13.2 Å². The minimum Gasteiger partial charge on any atom is -0.676 e. The summed E-state index contributed by atoms with van der Waals surface area (Å²) in [5.74, 6) is -0.230. The fourth-order valence-electron chi connectivity index (χ4n) is 2.86. The van der Waals surface area contributed by atoms with Gasteiger partial charge in [0.05, 0.1) is 5.56 Å². The number of nitrogens with one attached hydrogen (secondary N) is 1. The molecule has 0 saturated carbocycles. The minimum absolute atomic E-state index is 0.105. The second-order valence-electron chi connectivity index (χ2n) is 5.77. The van der Waals surface area contributed by atoms with E-state index in [0.29, 0.717) is 23.2 Å². The lowest BCUT2D eigenvalue weighted by Gasteiger charge is -2.43. The van der Waals surface area contributed by atoms with Crippen LogP contribution in [0.3, 0.4) is 0 Å². The van der Waals surface area contributed by atoms with Gasteiger partial charge in [-0.15, -0.1) is 6.54 Å². The molecule has 1 aliphatic heterocycles. The zero-order valence-electron chi connectivity index (χ0n) is 12.8. The maximum Gasteiger partial charge on any atom is 0.416 e. The largest absolute Gasteiger partial charge is 0.676 e. The van der Waals surface area contributed by atoms with Gasteiger partial charge in [0.2, 0.25) is 0 Å². The number of halogens is 3. The van der Waals surface area contributed by atoms with Crippen LogP contribution in [-0.2, 0) is 6.18 Å². The molecule has 0 aromatic heterocycles. The number of amides is 1. The second-order valence-corrected chi connectivity index (χ2v) is 5.77. The molecule has 2 aromatic carbocycles. The van der Waals surface area contributed by atoms with Crippen LogP contribution in [0.1, 0.15) is 22.3 Å². The first-order valence-electron chi connectivity index (χ1n) is 7.64. The summed E-state index contributed by atoms with van der Waals surface area (Å²) in [7, 11) is 0. The molecule has 1 heterocycles. The van der Waals surface area contributed by atoms with Crippen LogP contribution in [0.25, 0.3) is 16.9 Å². The number of rotatable bonds is 3. The average molecular weight is 333 g/mol. The molecule has 0 aliphatic carbocycles. The lowest BCUT2D eigenvalue weighted by Crippen LogP contribution is -2.52. The highest BCUT2D eigenvalue weighted by atomic mass is 19.4. The van der Waals surface area contributed by atoms with E-state index in [1.165, 1.54) is 6.07 Å². The molecule has 3 rings (SSSR count). The van der Waals surface area contributed by atoms with Gasteiger partial charge in [0.1, 0.15) is 0 Å². The van der Waals surface area contributed by atoms with Crippen molar-refractivity contribution in [2.24, 2.45) is 0 Å². The lowest BCUT2D eigenvalue weighted by atomic mass is 9.95. The number of benzene rings is 2. The molecule has 1 amide bonds.